The summed E-state index contributed by atoms with van der Waals surface area (Å²) in [5.74, 6) is 0. The summed E-state index contributed by atoms with van der Waals surface area (Å²) in [4.78, 5) is 0. The van der Waals surface area contributed by atoms with Gasteiger partial charge in [0.15, 0.2) is 0 Å². The lowest BCUT2D eigenvalue weighted by Gasteiger charge is -2.09. The highest BCUT2D eigenvalue weighted by molar-refractivity contribution is 5.68. The first-order valence-corrected chi connectivity index (χ1v) is 5.46. The van der Waals surface area contributed by atoms with Gasteiger partial charge in [-0.3, -0.25) is 0 Å². The van der Waals surface area contributed by atoms with Crippen molar-refractivity contribution in [1.29, 1.82) is 0 Å². The molecule has 1 aliphatic rings. The van der Waals surface area contributed by atoms with Crippen LogP contribution in [0.25, 0.3) is 5.57 Å². The minimum Gasteiger partial charge on any atom is -0.0807 e. The first kappa shape index (κ1) is 9.51. The lowest BCUT2D eigenvalue weighted by molar-refractivity contribution is 0.935. The average Bonchev–Trinajstić information content (AvgIpc) is 2.66. The highest BCUT2D eigenvalue weighted by Crippen LogP contribution is 2.29. The Labute approximate surface area is 86.7 Å². The van der Waals surface area contributed by atoms with Crippen molar-refractivity contribution in [2.75, 3.05) is 0 Å². The predicted octanol–water partition coefficient (Wildman–Crippen LogP) is 4.18. The zero-order valence-electron chi connectivity index (χ0n) is 9.35. The first-order chi connectivity index (χ1) is 6.68. The summed E-state index contributed by atoms with van der Waals surface area (Å²) in [7, 11) is 0. The molecule has 0 amide bonds. The fourth-order valence-corrected chi connectivity index (χ4v) is 2.15. The van der Waals surface area contributed by atoms with Crippen molar-refractivity contribution in [1.82, 2.24) is 0 Å². The first-order valence-electron chi connectivity index (χ1n) is 5.46. The highest BCUT2D eigenvalue weighted by Gasteiger charge is 2.08. The van der Waals surface area contributed by atoms with Gasteiger partial charge < -0.3 is 0 Å². The molecule has 0 aliphatic heterocycles. The number of benzene rings is 1. The van der Waals surface area contributed by atoms with E-state index in [1.54, 1.807) is 5.57 Å². The van der Waals surface area contributed by atoms with Crippen LogP contribution in [-0.4, -0.2) is 0 Å². The molecule has 0 bridgehead atoms. The summed E-state index contributed by atoms with van der Waals surface area (Å²) >= 11 is 0. The Morgan fingerprint density at radius 2 is 1.64 bits per heavy atom. The van der Waals surface area contributed by atoms with E-state index in [2.05, 4.69) is 39.0 Å². The van der Waals surface area contributed by atoms with Crippen LogP contribution in [0.2, 0.25) is 0 Å². The van der Waals surface area contributed by atoms with Crippen molar-refractivity contribution < 1.29 is 0 Å². The molecule has 0 aromatic heterocycles. The molecule has 0 nitrogen and oxygen atoms in total. The van der Waals surface area contributed by atoms with Gasteiger partial charge in [-0.05, 0) is 67.9 Å². The van der Waals surface area contributed by atoms with Gasteiger partial charge in [0.25, 0.3) is 0 Å². The van der Waals surface area contributed by atoms with E-state index in [-0.39, 0.29) is 0 Å². The van der Waals surface area contributed by atoms with Gasteiger partial charge in [0.1, 0.15) is 0 Å². The van der Waals surface area contributed by atoms with Gasteiger partial charge in [0.05, 0.1) is 0 Å². The second-order valence-electron chi connectivity index (χ2n) is 4.36. The monoisotopic (exact) mass is 186 g/mol. The third-order valence-corrected chi connectivity index (χ3v) is 3.34. The molecule has 0 saturated heterocycles. The molecule has 2 rings (SSSR count). The molecule has 0 radical (unpaired) electrons. The zero-order chi connectivity index (χ0) is 10.1. The quantitative estimate of drug-likeness (QED) is 0.617. The Morgan fingerprint density at radius 1 is 1.00 bits per heavy atom. The number of hydrogen-bond donors (Lipinski definition) is 0. The number of rotatable bonds is 1. The molecule has 1 aromatic rings. The minimum absolute atomic E-state index is 1.27. The summed E-state index contributed by atoms with van der Waals surface area (Å²) in [6.45, 7) is 6.63. The number of aryl methyl sites for hydroxylation is 2. The second kappa shape index (κ2) is 3.61. The summed E-state index contributed by atoms with van der Waals surface area (Å²) in [6.07, 6.45) is 6.26. The van der Waals surface area contributed by atoms with Crippen LogP contribution < -0.4 is 0 Å². The Kier molecular flexibility index (Phi) is 2.45. The number of hydrogen-bond acceptors (Lipinski definition) is 0. The maximum Gasteiger partial charge on any atom is -0.0222 e. The Morgan fingerprint density at radius 3 is 2.14 bits per heavy atom. The van der Waals surface area contributed by atoms with E-state index in [1.165, 1.54) is 41.5 Å². The van der Waals surface area contributed by atoms with Gasteiger partial charge in [-0.1, -0.05) is 18.2 Å². The molecule has 0 heterocycles. The fraction of sp³-hybridized carbons (Fsp3) is 0.429. The number of allylic oxidation sites excluding steroid dienone is 2. The normalized spacial score (nSPS) is 15.8. The largest absolute Gasteiger partial charge is 0.0807 e. The van der Waals surface area contributed by atoms with Crippen LogP contribution in [-0.2, 0) is 0 Å². The van der Waals surface area contributed by atoms with Gasteiger partial charge in [0, 0.05) is 0 Å². The molecule has 14 heavy (non-hydrogen) atoms. The van der Waals surface area contributed by atoms with E-state index < -0.39 is 0 Å². The van der Waals surface area contributed by atoms with Crippen LogP contribution in [0, 0.1) is 20.8 Å². The molecule has 74 valence electrons. The van der Waals surface area contributed by atoms with E-state index in [0.29, 0.717) is 0 Å². The van der Waals surface area contributed by atoms with Crippen molar-refractivity contribution in [2.45, 2.75) is 40.0 Å². The molecule has 0 N–H and O–H groups in total. The lowest BCUT2D eigenvalue weighted by Crippen LogP contribution is -1.90. The van der Waals surface area contributed by atoms with E-state index >= 15 is 0 Å². The Balaban J connectivity index is 2.45. The molecule has 0 heteroatoms. The average molecular weight is 186 g/mol. The maximum absolute atomic E-state index is 2.39. The molecule has 0 saturated carbocycles. The maximum atomic E-state index is 2.39. The van der Waals surface area contributed by atoms with E-state index in [0.717, 1.165) is 0 Å². The standard InChI is InChI=1S/C14H18/c1-10-8-14(9-11(2)12(10)3)13-6-4-5-7-13/h6,8-9H,4-5,7H2,1-3H3. The second-order valence-corrected chi connectivity index (χ2v) is 4.36. The van der Waals surface area contributed by atoms with Gasteiger partial charge in [-0.2, -0.15) is 0 Å². The molecule has 0 fully saturated rings. The van der Waals surface area contributed by atoms with E-state index in [1.807, 2.05) is 0 Å². The van der Waals surface area contributed by atoms with Crippen LogP contribution in [0.1, 0.15) is 41.5 Å². The molecule has 0 spiro atoms. The summed E-state index contributed by atoms with van der Waals surface area (Å²) in [5, 5.41) is 0. The SMILES string of the molecule is Cc1cc(C2=CCCC2)cc(C)c1C. The van der Waals surface area contributed by atoms with Crippen molar-refractivity contribution in [3.8, 4) is 0 Å². The summed E-state index contributed by atoms with van der Waals surface area (Å²) in [6, 6.07) is 4.67. The van der Waals surface area contributed by atoms with Crippen LogP contribution in [0.15, 0.2) is 18.2 Å². The minimum atomic E-state index is 1.27. The lowest BCUT2D eigenvalue weighted by atomic mass is 9.96. The van der Waals surface area contributed by atoms with Gasteiger partial charge >= 0.3 is 0 Å². The molecule has 1 aliphatic carbocycles. The highest BCUT2D eigenvalue weighted by atomic mass is 14.1. The van der Waals surface area contributed by atoms with Crippen molar-refractivity contribution in [3.63, 3.8) is 0 Å². The molecule has 0 atom stereocenters. The molecular weight excluding hydrogens is 168 g/mol. The summed E-state index contributed by atoms with van der Waals surface area (Å²) in [5.41, 5.74) is 7.28. The van der Waals surface area contributed by atoms with Crippen molar-refractivity contribution >= 4 is 5.57 Å². The smallest absolute Gasteiger partial charge is 0.0222 e. The topological polar surface area (TPSA) is 0 Å². The fourth-order valence-electron chi connectivity index (χ4n) is 2.15. The van der Waals surface area contributed by atoms with Gasteiger partial charge in [0.2, 0.25) is 0 Å². The molecule has 0 unspecified atom stereocenters. The van der Waals surface area contributed by atoms with E-state index in [4.69, 9.17) is 0 Å². The predicted molar refractivity (Wildman–Crippen MR) is 62.5 cm³/mol. The van der Waals surface area contributed by atoms with Gasteiger partial charge in [-0.15, -0.1) is 0 Å². The van der Waals surface area contributed by atoms with Crippen LogP contribution in [0.3, 0.4) is 0 Å². The molecular formula is C14H18. The third kappa shape index (κ3) is 1.61. The van der Waals surface area contributed by atoms with Crippen molar-refractivity contribution in [3.05, 3.63) is 40.5 Å². The zero-order valence-corrected chi connectivity index (χ0v) is 9.35. The third-order valence-electron chi connectivity index (χ3n) is 3.34. The Bertz CT molecular complexity index is 360. The van der Waals surface area contributed by atoms with Crippen LogP contribution in [0.5, 0.6) is 0 Å². The van der Waals surface area contributed by atoms with Crippen molar-refractivity contribution in [2.24, 2.45) is 0 Å². The Hall–Kier alpha value is -1.04. The molecule has 1 aromatic carbocycles. The van der Waals surface area contributed by atoms with E-state index in [9.17, 15) is 0 Å². The summed E-state index contributed by atoms with van der Waals surface area (Å²) < 4.78 is 0. The van der Waals surface area contributed by atoms with Crippen LogP contribution in [0.4, 0.5) is 0 Å². The van der Waals surface area contributed by atoms with Gasteiger partial charge in [-0.25, -0.2) is 0 Å². The van der Waals surface area contributed by atoms with Crippen LogP contribution >= 0.6 is 0 Å².